The van der Waals surface area contributed by atoms with Crippen LogP contribution in [0.2, 0.25) is 0 Å². The number of aromatic nitrogens is 2. The minimum Gasteiger partial charge on any atom is -0.324 e. The smallest absolute Gasteiger partial charge is 0.129 e. The maximum Gasteiger partial charge on any atom is 0.129 e. The van der Waals surface area contributed by atoms with Gasteiger partial charge in [-0.15, -0.1) is 0 Å². The molecule has 1 heterocycles. The lowest BCUT2D eigenvalue weighted by atomic mass is 10.0. The first-order valence-electron chi connectivity index (χ1n) is 5.82. The van der Waals surface area contributed by atoms with Crippen LogP contribution in [0.5, 0.6) is 0 Å². The highest BCUT2D eigenvalue weighted by Crippen LogP contribution is 2.20. The van der Waals surface area contributed by atoms with Crippen molar-refractivity contribution in [1.29, 1.82) is 0 Å². The Hall–Kier alpha value is -1.75. The zero-order valence-electron chi connectivity index (χ0n) is 10.1. The Morgan fingerprint density at radius 3 is 2.56 bits per heavy atom. The maximum atomic E-state index is 13.5. The molecule has 0 radical (unpaired) electrons. The van der Waals surface area contributed by atoms with Gasteiger partial charge in [0.1, 0.15) is 11.6 Å². The van der Waals surface area contributed by atoms with E-state index < -0.39 is 17.7 Å². The van der Waals surface area contributed by atoms with Crippen molar-refractivity contribution in [3.63, 3.8) is 0 Å². The third-order valence-corrected chi connectivity index (χ3v) is 2.89. The summed E-state index contributed by atoms with van der Waals surface area (Å²) in [5.74, 6) is -1.12. The molecule has 2 aromatic rings. The average Bonchev–Trinajstić information content (AvgIpc) is 2.82. The first kappa shape index (κ1) is 12.7. The summed E-state index contributed by atoms with van der Waals surface area (Å²) in [4.78, 5) is 0. The molecule has 1 unspecified atom stereocenters. The lowest BCUT2D eigenvalue weighted by Crippen LogP contribution is -2.14. The molecule has 1 aromatic heterocycles. The quantitative estimate of drug-likeness (QED) is 0.907. The molecule has 0 amide bonds. The number of benzene rings is 1. The fourth-order valence-corrected chi connectivity index (χ4v) is 1.81. The van der Waals surface area contributed by atoms with Crippen molar-refractivity contribution in [2.45, 2.75) is 25.9 Å². The molecule has 0 aliphatic heterocycles. The minimum atomic E-state index is -0.562. The zero-order valence-corrected chi connectivity index (χ0v) is 10.1. The van der Waals surface area contributed by atoms with Crippen LogP contribution in [0.4, 0.5) is 8.78 Å². The second-order valence-corrected chi connectivity index (χ2v) is 4.14. The van der Waals surface area contributed by atoms with E-state index in [0.29, 0.717) is 0 Å². The highest BCUT2D eigenvalue weighted by atomic mass is 19.1. The van der Waals surface area contributed by atoms with Crippen LogP contribution in [-0.4, -0.2) is 9.78 Å². The van der Waals surface area contributed by atoms with E-state index in [-0.39, 0.29) is 12.0 Å². The number of hydrogen-bond donors (Lipinski definition) is 1. The van der Waals surface area contributed by atoms with E-state index in [1.54, 1.807) is 17.1 Å². The summed E-state index contributed by atoms with van der Waals surface area (Å²) in [5.41, 5.74) is 6.75. The highest BCUT2D eigenvalue weighted by molar-refractivity contribution is 5.23. The van der Waals surface area contributed by atoms with E-state index in [1.807, 2.05) is 6.92 Å². The van der Waals surface area contributed by atoms with Crippen molar-refractivity contribution in [2.24, 2.45) is 5.73 Å². The number of aryl methyl sites for hydroxylation is 1. The third-order valence-electron chi connectivity index (χ3n) is 2.89. The average molecular weight is 251 g/mol. The number of hydrogen-bond acceptors (Lipinski definition) is 2. The number of nitrogens with two attached hydrogens (primary N) is 1. The van der Waals surface area contributed by atoms with Crippen molar-refractivity contribution in [3.05, 3.63) is 53.4 Å². The summed E-state index contributed by atoms with van der Waals surface area (Å²) in [5, 5.41) is 4.09. The third kappa shape index (κ3) is 2.56. The fraction of sp³-hybridized carbons (Fsp3) is 0.308. The minimum absolute atomic E-state index is 0.0225. The van der Waals surface area contributed by atoms with Crippen LogP contribution in [0.25, 0.3) is 0 Å². The molecule has 96 valence electrons. The molecule has 2 N–H and O–H groups in total. The van der Waals surface area contributed by atoms with Gasteiger partial charge < -0.3 is 5.73 Å². The molecule has 0 aliphatic rings. The van der Waals surface area contributed by atoms with Crippen LogP contribution in [-0.2, 0) is 13.0 Å². The standard InChI is InChI=1S/C13H15F2N3/c1-2-18-8-9(7-17-18)13(16)6-10-11(14)4-3-5-12(10)15/h3-5,7-8,13H,2,6,16H2,1H3. The van der Waals surface area contributed by atoms with Crippen molar-refractivity contribution in [3.8, 4) is 0 Å². The van der Waals surface area contributed by atoms with Gasteiger partial charge in [-0.05, 0) is 25.5 Å². The summed E-state index contributed by atoms with van der Waals surface area (Å²) in [6, 6.07) is 3.35. The molecule has 0 spiro atoms. The van der Waals surface area contributed by atoms with E-state index in [9.17, 15) is 8.78 Å². The summed E-state index contributed by atoms with van der Waals surface area (Å²) in [7, 11) is 0. The molecular formula is C13H15F2N3. The van der Waals surface area contributed by atoms with Crippen molar-refractivity contribution >= 4 is 0 Å². The van der Waals surface area contributed by atoms with Crippen LogP contribution < -0.4 is 5.73 Å². The molecule has 18 heavy (non-hydrogen) atoms. The molecule has 3 nitrogen and oxygen atoms in total. The molecule has 5 heteroatoms. The summed E-state index contributed by atoms with van der Waals surface area (Å²) >= 11 is 0. The SMILES string of the molecule is CCn1cc(C(N)Cc2c(F)cccc2F)cn1. The van der Waals surface area contributed by atoms with E-state index in [1.165, 1.54) is 18.2 Å². The van der Waals surface area contributed by atoms with Gasteiger partial charge in [0.25, 0.3) is 0 Å². The van der Waals surface area contributed by atoms with Gasteiger partial charge >= 0.3 is 0 Å². The van der Waals surface area contributed by atoms with Gasteiger partial charge in [0.05, 0.1) is 6.20 Å². The maximum absolute atomic E-state index is 13.5. The molecular weight excluding hydrogens is 236 g/mol. The van der Waals surface area contributed by atoms with Crippen LogP contribution >= 0.6 is 0 Å². The first-order valence-corrected chi connectivity index (χ1v) is 5.82. The Balaban J connectivity index is 2.18. The van der Waals surface area contributed by atoms with Gasteiger partial charge in [-0.2, -0.15) is 5.10 Å². The normalized spacial score (nSPS) is 12.7. The first-order chi connectivity index (χ1) is 8.61. The second-order valence-electron chi connectivity index (χ2n) is 4.14. The van der Waals surface area contributed by atoms with Gasteiger partial charge in [0.2, 0.25) is 0 Å². The number of rotatable bonds is 4. The Morgan fingerprint density at radius 2 is 2.00 bits per heavy atom. The predicted octanol–water partition coefficient (Wildman–Crippen LogP) is 2.42. The van der Waals surface area contributed by atoms with E-state index in [2.05, 4.69) is 5.10 Å². The predicted molar refractivity (Wildman–Crippen MR) is 64.9 cm³/mol. The van der Waals surface area contributed by atoms with Crippen molar-refractivity contribution in [1.82, 2.24) is 9.78 Å². The van der Waals surface area contributed by atoms with E-state index in [4.69, 9.17) is 5.73 Å². The van der Waals surface area contributed by atoms with Crippen LogP contribution in [0, 0.1) is 11.6 Å². The van der Waals surface area contributed by atoms with E-state index >= 15 is 0 Å². The summed E-state index contributed by atoms with van der Waals surface area (Å²) in [6.45, 7) is 2.69. The molecule has 0 aliphatic carbocycles. The molecule has 0 saturated carbocycles. The molecule has 1 atom stereocenters. The lowest BCUT2D eigenvalue weighted by molar-refractivity contribution is 0.539. The fourth-order valence-electron chi connectivity index (χ4n) is 1.81. The lowest BCUT2D eigenvalue weighted by Gasteiger charge is -2.11. The van der Waals surface area contributed by atoms with Crippen LogP contribution in [0.1, 0.15) is 24.1 Å². The molecule has 1 aromatic carbocycles. The second kappa shape index (κ2) is 5.27. The number of nitrogens with zero attached hydrogens (tertiary/aromatic N) is 2. The largest absolute Gasteiger partial charge is 0.324 e. The molecule has 0 bridgehead atoms. The van der Waals surface area contributed by atoms with Crippen molar-refractivity contribution in [2.75, 3.05) is 0 Å². The zero-order chi connectivity index (χ0) is 13.1. The Morgan fingerprint density at radius 1 is 1.33 bits per heavy atom. The van der Waals surface area contributed by atoms with Crippen LogP contribution in [0.3, 0.4) is 0 Å². The number of halogens is 2. The summed E-state index contributed by atoms with van der Waals surface area (Å²) < 4.78 is 28.7. The van der Waals surface area contributed by atoms with Crippen molar-refractivity contribution < 1.29 is 8.78 Å². The highest BCUT2D eigenvalue weighted by Gasteiger charge is 2.15. The topological polar surface area (TPSA) is 43.8 Å². The Labute approximate surface area is 104 Å². The van der Waals surface area contributed by atoms with E-state index in [0.717, 1.165) is 12.1 Å². The molecule has 0 saturated heterocycles. The molecule has 0 fully saturated rings. The van der Waals surface area contributed by atoms with Gasteiger partial charge in [0.15, 0.2) is 0 Å². The van der Waals surface area contributed by atoms with Gasteiger partial charge in [0, 0.05) is 29.9 Å². The molecule has 2 rings (SSSR count). The Bertz CT molecular complexity index is 517. The monoisotopic (exact) mass is 251 g/mol. The van der Waals surface area contributed by atoms with Crippen LogP contribution in [0.15, 0.2) is 30.6 Å². The van der Waals surface area contributed by atoms with Gasteiger partial charge in [-0.3, -0.25) is 4.68 Å². The summed E-state index contributed by atoms with van der Waals surface area (Å²) in [6.07, 6.45) is 3.55. The van der Waals surface area contributed by atoms with Gasteiger partial charge in [-0.1, -0.05) is 6.07 Å². The Kier molecular flexibility index (Phi) is 3.72. The van der Waals surface area contributed by atoms with Gasteiger partial charge in [-0.25, -0.2) is 8.78 Å².